The van der Waals surface area contributed by atoms with Gasteiger partial charge in [-0.15, -0.1) is 0 Å². The van der Waals surface area contributed by atoms with Gasteiger partial charge in [0.1, 0.15) is 0 Å². The Labute approximate surface area is 94.9 Å². The highest BCUT2D eigenvalue weighted by atomic mass is 28.4. The number of rotatable bonds is 8. The first-order valence-corrected chi connectivity index (χ1v) is 9.67. The van der Waals surface area contributed by atoms with Crippen molar-refractivity contribution in [3.63, 3.8) is 0 Å². The number of hydrogen-bond donors (Lipinski definition) is 1. The molecule has 0 rings (SSSR count). The van der Waals surface area contributed by atoms with Gasteiger partial charge in [0.05, 0.1) is 8.80 Å². The molecule has 0 aromatic carbocycles. The lowest BCUT2D eigenvalue weighted by Gasteiger charge is -2.24. The van der Waals surface area contributed by atoms with Crippen LogP contribution in [0.4, 0.5) is 0 Å². The molecule has 0 aliphatic rings. The van der Waals surface area contributed by atoms with E-state index in [4.69, 9.17) is 23.4 Å². The zero-order chi connectivity index (χ0) is 11.9. The monoisotopic (exact) mass is 253 g/mol. The molecule has 0 heterocycles. The van der Waals surface area contributed by atoms with Crippen molar-refractivity contribution in [1.82, 2.24) is 0 Å². The van der Waals surface area contributed by atoms with Crippen LogP contribution in [-0.2, 0) is 17.7 Å². The van der Waals surface area contributed by atoms with Crippen LogP contribution in [0.5, 0.6) is 0 Å². The van der Waals surface area contributed by atoms with Gasteiger partial charge >= 0.3 is 9.05 Å². The van der Waals surface area contributed by atoms with Crippen LogP contribution in [0.15, 0.2) is 0 Å². The predicted octanol–water partition coefficient (Wildman–Crippen LogP) is 0.121. The Bertz CT molecular complexity index is 158. The fourth-order valence-corrected chi connectivity index (χ4v) is 3.10. The third kappa shape index (κ3) is 5.20. The highest BCUT2D eigenvalue weighted by Crippen LogP contribution is 2.09. The molecule has 0 aliphatic heterocycles. The molecule has 0 saturated carbocycles. The van der Waals surface area contributed by atoms with E-state index in [1.54, 1.807) is 0 Å². The minimum atomic E-state index is -2.86. The zero-order valence-corrected chi connectivity index (χ0v) is 12.4. The zero-order valence-electron chi connectivity index (χ0n) is 10.3. The van der Waals surface area contributed by atoms with Gasteiger partial charge in [-0.2, -0.15) is 0 Å². The maximum atomic E-state index is 5.94. The molecule has 0 radical (unpaired) electrons. The fourth-order valence-electron chi connectivity index (χ4n) is 1.08. The van der Waals surface area contributed by atoms with Crippen LogP contribution in [0, 0.1) is 0 Å². The molecule has 7 heteroatoms. The molecule has 0 amide bonds. The Hall–Kier alpha value is 0.234. The lowest BCUT2D eigenvalue weighted by atomic mass is 10.5. The van der Waals surface area contributed by atoms with E-state index in [2.05, 4.69) is 13.1 Å². The van der Waals surface area contributed by atoms with E-state index >= 15 is 0 Å². The van der Waals surface area contributed by atoms with Gasteiger partial charge in [-0.05, 0) is 12.1 Å². The largest absolute Gasteiger partial charge is 0.678 e. The summed E-state index contributed by atoms with van der Waals surface area (Å²) in [6.45, 7) is 4.96. The van der Waals surface area contributed by atoms with Crippen molar-refractivity contribution in [3.8, 4) is 0 Å². The molecule has 0 aromatic heterocycles. The Morgan fingerprint density at radius 1 is 1.13 bits per heavy atom. The van der Waals surface area contributed by atoms with Crippen LogP contribution < -0.4 is 5.73 Å². The second kappa shape index (κ2) is 7.50. The lowest BCUT2D eigenvalue weighted by molar-refractivity contribution is 0.00529. The van der Waals surface area contributed by atoms with Gasteiger partial charge in [0.2, 0.25) is 0 Å². The third-order valence-corrected chi connectivity index (χ3v) is 6.44. The minimum Gasteiger partial charge on any atom is -0.355 e. The van der Waals surface area contributed by atoms with Gasteiger partial charge < -0.3 is 23.4 Å². The summed E-state index contributed by atoms with van der Waals surface area (Å²) in [4.78, 5) is 0. The van der Waals surface area contributed by atoms with Crippen molar-refractivity contribution in [2.75, 3.05) is 27.9 Å². The van der Waals surface area contributed by atoms with Crippen LogP contribution in [0.3, 0.4) is 0 Å². The highest BCUT2D eigenvalue weighted by molar-refractivity contribution is 6.57. The van der Waals surface area contributed by atoms with E-state index in [0.717, 1.165) is 6.42 Å². The van der Waals surface area contributed by atoms with Gasteiger partial charge in [-0.1, -0.05) is 13.1 Å². The molecule has 1 atom stereocenters. The molecule has 2 N–H and O–H groups in total. The summed E-state index contributed by atoms with van der Waals surface area (Å²) in [5, 5.41) is 0. The van der Waals surface area contributed by atoms with Crippen molar-refractivity contribution in [1.29, 1.82) is 0 Å². The molecule has 0 aromatic rings. The van der Waals surface area contributed by atoms with Crippen molar-refractivity contribution in [2.24, 2.45) is 5.73 Å². The molecule has 0 bridgehead atoms. The van der Waals surface area contributed by atoms with E-state index in [1.165, 1.54) is 21.3 Å². The topological polar surface area (TPSA) is 62.9 Å². The van der Waals surface area contributed by atoms with Crippen LogP contribution in [0.2, 0.25) is 13.1 Å². The van der Waals surface area contributed by atoms with Gasteiger partial charge in [0, 0.05) is 27.9 Å². The summed E-state index contributed by atoms with van der Waals surface area (Å²) in [5.74, 6) is 0. The lowest BCUT2D eigenvalue weighted by Crippen LogP contribution is -2.47. The molecule has 5 nitrogen and oxygen atoms in total. The molecule has 0 spiro atoms. The minimum absolute atomic E-state index is 0.266. The van der Waals surface area contributed by atoms with E-state index in [0.29, 0.717) is 6.61 Å². The predicted molar refractivity (Wildman–Crippen MR) is 64.2 cm³/mol. The quantitative estimate of drug-likeness (QED) is 0.623. The fraction of sp³-hybridized carbons (Fsp3) is 1.00. The molecule has 0 aliphatic carbocycles. The van der Waals surface area contributed by atoms with Crippen LogP contribution >= 0.6 is 0 Å². The van der Waals surface area contributed by atoms with Crippen LogP contribution in [-0.4, -0.2) is 51.4 Å². The van der Waals surface area contributed by atoms with E-state index in [-0.39, 0.29) is 5.67 Å². The molecule has 0 fully saturated rings. The Kier molecular flexibility index (Phi) is 7.61. The Balaban J connectivity index is 3.91. The second-order valence-electron chi connectivity index (χ2n) is 3.66. The SMILES string of the molecule is CO[Si](OC)(OC)OCCC(N)[SiH](C)C. The van der Waals surface area contributed by atoms with Crippen molar-refractivity contribution in [3.05, 3.63) is 0 Å². The second-order valence-corrected chi connectivity index (χ2v) is 9.52. The van der Waals surface area contributed by atoms with E-state index in [1.807, 2.05) is 0 Å². The smallest absolute Gasteiger partial charge is 0.355 e. The van der Waals surface area contributed by atoms with Crippen molar-refractivity contribution in [2.45, 2.75) is 25.2 Å². The molecular weight excluding hydrogens is 230 g/mol. The van der Waals surface area contributed by atoms with Crippen LogP contribution in [0.1, 0.15) is 6.42 Å². The number of nitrogens with two attached hydrogens (primary N) is 1. The Morgan fingerprint density at radius 3 is 1.93 bits per heavy atom. The normalized spacial score (nSPS) is 14.6. The summed E-state index contributed by atoms with van der Waals surface area (Å²) in [6, 6.07) is 0. The van der Waals surface area contributed by atoms with Gasteiger partial charge in [0.25, 0.3) is 0 Å². The summed E-state index contributed by atoms with van der Waals surface area (Å²) in [5.41, 5.74) is 6.21. The first-order chi connectivity index (χ1) is 7.01. The summed E-state index contributed by atoms with van der Waals surface area (Å²) < 4.78 is 20.9. The average Bonchev–Trinajstić information content (AvgIpc) is 2.24. The standard InChI is InChI=1S/C8H23NO4Si2/c1-10-15(11-2,12-3)13-7-6-8(9)14(4)5/h8,14H,6-7,9H2,1-5H3. The first-order valence-electron chi connectivity index (χ1n) is 5.06. The average molecular weight is 253 g/mol. The number of hydrogen-bond acceptors (Lipinski definition) is 5. The van der Waals surface area contributed by atoms with Gasteiger partial charge in [0.15, 0.2) is 0 Å². The van der Waals surface area contributed by atoms with E-state index in [9.17, 15) is 0 Å². The maximum absolute atomic E-state index is 5.94. The maximum Gasteiger partial charge on any atom is 0.678 e. The van der Waals surface area contributed by atoms with Gasteiger partial charge in [-0.25, -0.2) is 0 Å². The molecule has 1 unspecified atom stereocenters. The summed E-state index contributed by atoms with van der Waals surface area (Å²) in [7, 11) is 0.927. The van der Waals surface area contributed by atoms with Crippen LogP contribution in [0.25, 0.3) is 0 Å². The summed E-state index contributed by atoms with van der Waals surface area (Å²) in [6.07, 6.45) is 0.828. The van der Waals surface area contributed by atoms with E-state index < -0.39 is 17.8 Å². The first kappa shape index (κ1) is 15.2. The van der Waals surface area contributed by atoms with Gasteiger partial charge in [-0.3, -0.25) is 0 Å². The Morgan fingerprint density at radius 2 is 1.60 bits per heavy atom. The highest BCUT2D eigenvalue weighted by Gasteiger charge is 2.42. The molecule has 0 saturated heterocycles. The summed E-state index contributed by atoms with van der Waals surface area (Å²) >= 11 is 0. The molecule has 15 heavy (non-hydrogen) atoms. The molecule has 92 valence electrons. The van der Waals surface area contributed by atoms with Crippen molar-refractivity contribution >= 4 is 17.8 Å². The third-order valence-electron chi connectivity index (χ3n) is 2.34. The van der Waals surface area contributed by atoms with Crippen molar-refractivity contribution < 1.29 is 17.7 Å². The molecular formula is C8H23NO4Si2.